The van der Waals surface area contributed by atoms with Crippen molar-refractivity contribution in [2.24, 2.45) is 0 Å². The third kappa shape index (κ3) is 5.52. The average molecular weight is 377 g/mol. The van der Waals surface area contributed by atoms with Crippen LogP contribution in [-0.4, -0.2) is 41.5 Å². The lowest BCUT2D eigenvalue weighted by atomic mass is 9.91. The largest absolute Gasteiger partial charge is 0.352 e. The highest BCUT2D eigenvalue weighted by molar-refractivity contribution is 8.01. The molecule has 5 nitrogen and oxygen atoms in total. The van der Waals surface area contributed by atoms with Crippen LogP contribution in [0.4, 0.5) is 0 Å². The zero-order valence-corrected chi connectivity index (χ0v) is 16.1. The second-order valence-electron chi connectivity index (χ2n) is 6.21. The highest BCUT2D eigenvalue weighted by Crippen LogP contribution is 2.23. The number of thioether (sulfide) groups is 1. The van der Waals surface area contributed by atoms with E-state index in [4.69, 9.17) is 0 Å². The van der Waals surface area contributed by atoms with Crippen LogP contribution in [0, 0.1) is 6.92 Å². The molecule has 0 spiro atoms. The lowest BCUT2D eigenvalue weighted by molar-refractivity contribution is 0.0954. The van der Waals surface area contributed by atoms with Crippen molar-refractivity contribution in [3.8, 4) is 0 Å². The monoisotopic (exact) mass is 376 g/mol. The normalized spacial score (nSPS) is 17.4. The first-order chi connectivity index (χ1) is 12.2. The van der Waals surface area contributed by atoms with Gasteiger partial charge in [-0.1, -0.05) is 35.2 Å². The number of amides is 1. The van der Waals surface area contributed by atoms with E-state index in [1.165, 1.54) is 18.4 Å². The number of carbonyl (C=O) groups excluding carboxylic acids is 1. The summed E-state index contributed by atoms with van der Waals surface area (Å²) < 4.78 is 0.997. The van der Waals surface area contributed by atoms with Gasteiger partial charge in [-0.05, 0) is 56.3 Å². The van der Waals surface area contributed by atoms with Gasteiger partial charge in [-0.3, -0.25) is 4.79 Å². The summed E-state index contributed by atoms with van der Waals surface area (Å²) in [4.78, 5) is 12.2. The summed E-state index contributed by atoms with van der Waals surface area (Å²) in [6.07, 6.45) is 3.37. The Balaban J connectivity index is 1.38. The molecular formula is C18H24N4OS2. The third-order valence-electron chi connectivity index (χ3n) is 4.28. The van der Waals surface area contributed by atoms with Crippen LogP contribution < -0.4 is 10.6 Å². The summed E-state index contributed by atoms with van der Waals surface area (Å²) >= 11 is 3.30. The number of carbonyl (C=O) groups is 1. The zero-order chi connectivity index (χ0) is 17.5. The van der Waals surface area contributed by atoms with Gasteiger partial charge in [0.15, 0.2) is 4.34 Å². The number of rotatable bonds is 7. The molecule has 0 saturated carbocycles. The van der Waals surface area contributed by atoms with Crippen LogP contribution in [0.15, 0.2) is 28.6 Å². The van der Waals surface area contributed by atoms with E-state index >= 15 is 0 Å². The van der Waals surface area contributed by atoms with Crippen LogP contribution in [0.3, 0.4) is 0 Å². The highest BCUT2D eigenvalue weighted by Gasteiger charge is 2.15. The Kier molecular flexibility index (Phi) is 6.84. The fourth-order valence-corrected chi connectivity index (χ4v) is 4.74. The Hall–Kier alpha value is -1.44. The molecule has 2 N–H and O–H groups in total. The second kappa shape index (κ2) is 9.31. The van der Waals surface area contributed by atoms with Crippen molar-refractivity contribution in [2.75, 3.05) is 25.4 Å². The van der Waals surface area contributed by atoms with Gasteiger partial charge in [-0.25, -0.2) is 0 Å². The SMILES string of the molecule is Cc1nnc(SCCCNC(=O)c2ccc(C3CCCNC3)cc2)s1. The van der Waals surface area contributed by atoms with E-state index in [0.29, 0.717) is 12.5 Å². The van der Waals surface area contributed by atoms with Gasteiger partial charge in [0.05, 0.1) is 0 Å². The molecule has 2 heterocycles. The van der Waals surface area contributed by atoms with Gasteiger partial charge in [0, 0.05) is 24.4 Å². The van der Waals surface area contributed by atoms with Gasteiger partial charge in [0.2, 0.25) is 0 Å². The predicted molar refractivity (Wildman–Crippen MR) is 104 cm³/mol. The van der Waals surface area contributed by atoms with E-state index in [9.17, 15) is 4.79 Å². The molecule has 0 bridgehead atoms. The number of hydrogen-bond donors (Lipinski definition) is 2. The summed E-state index contributed by atoms with van der Waals surface area (Å²) in [7, 11) is 0. The van der Waals surface area contributed by atoms with Crippen LogP contribution in [0.5, 0.6) is 0 Å². The quantitative estimate of drug-likeness (QED) is 0.574. The Morgan fingerprint density at radius 2 is 2.20 bits per heavy atom. The number of nitrogens with one attached hydrogen (secondary N) is 2. The lowest BCUT2D eigenvalue weighted by Gasteiger charge is -2.23. The molecular weight excluding hydrogens is 352 g/mol. The molecule has 3 rings (SSSR count). The maximum atomic E-state index is 12.2. The fourth-order valence-electron chi connectivity index (χ4n) is 2.92. The lowest BCUT2D eigenvalue weighted by Crippen LogP contribution is -2.28. The minimum absolute atomic E-state index is 0.00470. The van der Waals surface area contributed by atoms with E-state index < -0.39 is 0 Å². The topological polar surface area (TPSA) is 66.9 Å². The number of aromatic nitrogens is 2. The maximum Gasteiger partial charge on any atom is 0.251 e. The number of benzene rings is 1. The predicted octanol–water partition coefficient (Wildman–Crippen LogP) is 3.23. The minimum atomic E-state index is 0.00470. The summed E-state index contributed by atoms with van der Waals surface area (Å²) in [6, 6.07) is 8.08. The zero-order valence-electron chi connectivity index (χ0n) is 14.5. The Labute approximate surface area is 157 Å². The molecule has 1 aromatic heterocycles. The van der Waals surface area contributed by atoms with Crippen molar-refractivity contribution >= 4 is 29.0 Å². The van der Waals surface area contributed by atoms with Gasteiger partial charge < -0.3 is 10.6 Å². The standard InChI is InChI=1S/C18H24N4OS2/c1-13-21-22-18(25-13)24-11-3-10-20-17(23)15-7-5-14(6-8-15)16-4-2-9-19-12-16/h5-8,16,19H,2-4,9-12H2,1H3,(H,20,23). The highest BCUT2D eigenvalue weighted by atomic mass is 32.2. The first-order valence-electron chi connectivity index (χ1n) is 8.74. The molecule has 1 atom stereocenters. The van der Waals surface area contributed by atoms with Gasteiger partial charge in [-0.15, -0.1) is 10.2 Å². The van der Waals surface area contributed by atoms with Gasteiger partial charge >= 0.3 is 0 Å². The fraction of sp³-hybridized carbons (Fsp3) is 0.500. The first kappa shape index (κ1) is 18.4. The van der Waals surface area contributed by atoms with Crippen molar-refractivity contribution in [3.63, 3.8) is 0 Å². The second-order valence-corrected chi connectivity index (χ2v) is 8.73. The molecule has 1 aliphatic heterocycles. The van der Waals surface area contributed by atoms with Crippen LogP contribution in [0.25, 0.3) is 0 Å². The van der Waals surface area contributed by atoms with E-state index in [2.05, 4.69) is 33.0 Å². The molecule has 1 fully saturated rings. The molecule has 1 aliphatic rings. The summed E-state index contributed by atoms with van der Waals surface area (Å²) in [5.41, 5.74) is 2.06. The van der Waals surface area contributed by atoms with Crippen molar-refractivity contribution in [1.29, 1.82) is 0 Å². The smallest absolute Gasteiger partial charge is 0.251 e. The molecule has 0 radical (unpaired) electrons. The average Bonchev–Trinajstić information content (AvgIpc) is 3.07. The number of hydrogen-bond acceptors (Lipinski definition) is 6. The van der Waals surface area contributed by atoms with Crippen molar-refractivity contribution in [2.45, 2.75) is 36.4 Å². The van der Waals surface area contributed by atoms with Crippen molar-refractivity contribution in [1.82, 2.24) is 20.8 Å². The van der Waals surface area contributed by atoms with E-state index in [1.807, 2.05) is 19.1 Å². The van der Waals surface area contributed by atoms with Crippen LogP contribution in [0.1, 0.15) is 46.1 Å². The number of aryl methyl sites for hydroxylation is 1. The molecule has 134 valence electrons. The Bertz CT molecular complexity index is 681. The Morgan fingerprint density at radius 3 is 2.88 bits per heavy atom. The molecule has 2 aromatic rings. The molecule has 1 amide bonds. The van der Waals surface area contributed by atoms with Gasteiger partial charge in [-0.2, -0.15) is 0 Å². The maximum absolute atomic E-state index is 12.2. The van der Waals surface area contributed by atoms with E-state index in [1.54, 1.807) is 23.1 Å². The number of nitrogens with zero attached hydrogens (tertiary/aromatic N) is 2. The van der Waals surface area contributed by atoms with Crippen LogP contribution >= 0.6 is 23.1 Å². The number of piperidine rings is 1. The summed E-state index contributed by atoms with van der Waals surface area (Å²) in [6.45, 7) is 4.79. The molecule has 7 heteroatoms. The molecule has 1 unspecified atom stereocenters. The molecule has 0 aliphatic carbocycles. The van der Waals surface area contributed by atoms with E-state index in [-0.39, 0.29) is 5.91 Å². The molecule has 1 saturated heterocycles. The molecule has 25 heavy (non-hydrogen) atoms. The van der Waals surface area contributed by atoms with Gasteiger partial charge in [0.1, 0.15) is 5.01 Å². The summed E-state index contributed by atoms with van der Waals surface area (Å²) in [5.74, 6) is 1.51. The van der Waals surface area contributed by atoms with E-state index in [0.717, 1.165) is 40.2 Å². The van der Waals surface area contributed by atoms with Crippen LogP contribution in [-0.2, 0) is 0 Å². The van der Waals surface area contributed by atoms with Crippen molar-refractivity contribution in [3.05, 3.63) is 40.4 Å². The third-order valence-corrected chi connectivity index (χ3v) is 6.34. The Morgan fingerprint density at radius 1 is 1.36 bits per heavy atom. The summed E-state index contributed by atoms with van der Waals surface area (Å²) in [5, 5.41) is 15.5. The minimum Gasteiger partial charge on any atom is -0.352 e. The first-order valence-corrected chi connectivity index (χ1v) is 10.5. The van der Waals surface area contributed by atoms with Crippen molar-refractivity contribution < 1.29 is 4.79 Å². The van der Waals surface area contributed by atoms with Gasteiger partial charge in [0.25, 0.3) is 5.91 Å². The molecule has 1 aromatic carbocycles. The van der Waals surface area contributed by atoms with Crippen LogP contribution in [0.2, 0.25) is 0 Å².